The van der Waals surface area contributed by atoms with Crippen molar-refractivity contribution in [2.45, 2.75) is 32.2 Å². The lowest BCUT2D eigenvalue weighted by atomic mass is 9.92. The summed E-state index contributed by atoms with van der Waals surface area (Å²) in [6.07, 6.45) is 2.62. The van der Waals surface area contributed by atoms with Crippen molar-refractivity contribution in [2.24, 2.45) is 12.8 Å². The highest BCUT2D eigenvalue weighted by Crippen LogP contribution is 2.09. The average molecular weight is 196 g/mol. The van der Waals surface area contributed by atoms with Crippen LogP contribution in [0.15, 0.2) is 6.20 Å². The third-order valence-corrected chi connectivity index (χ3v) is 2.36. The summed E-state index contributed by atoms with van der Waals surface area (Å²) in [5, 5.41) is 7.59. The Labute approximate surface area is 83.3 Å². The van der Waals surface area contributed by atoms with Crippen LogP contribution >= 0.6 is 0 Å². The van der Waals surface area contributed by atoms with Gasteiger partial charge in [-0.25, -0.2) is 0 Å². The summed E-state index contributed by atoms with van der Waals surface area (Å²) in [6.45, 7) is 3.64. The Morgan fingerprint density at radius 3 is 2.79 bits per heavy atom. The molecule has 0 saturated carbocycles. The van der Waals surface area contributed by atoms with Gasteiger partial charge in [-0.3, -0.25) is 9.48 Å². The van der Waals surface area contributed by atoms with E-state index in [0.29, 0.717) is 12.1 Å². The van der Waals surface area contributed by atoms with E-state index < -0.39 is 5.54 Å². The molecule has 0 amide bonds. The number of carbonyl (C=O) groups is 1. The van der Waals surface area contributed by atoms with Gasteiger partial charge in [0.1, 0.15) is 0 Å². The monoisotopic (exact) mass is 196 g/mol. The molecular weight excluding hydrogens is 180 g/mol. The second-order valence-corrected chi connectivity index (χ2v) is 3.75. The van der Waals surface area contributed by atoms with Crippen LogP contribution in [0, 0.1) is 0 Å². The van der Waals surface area contributed by atoms with E-state index in [1.807, 2.05) is 6.92 Å². The lowest BCUT2D eigenvalue weighted by molar-refractivity contribution is -0.123. The molecule has 0 aliphatic heterocycles. The molecule has 78 valence electrons. The summed E-state index contributed by atoms with van der Waals surface area (Å²) in [4.78, 5) is 11.7. The van der Waals surface area contributed by atoms with Crippen LogP contribution in [-0.2, 0) is 18.3 Å². The average Bonchev–Trinajstić information content (AvgIpc) is 2.51. The first kappa shape index (κ1) is 10.8. The maximum absolute atomic E-state index is 11.7. The second-order valence-electron chi connectivity index (χ2n) is 3.75. The fraction of sp³-hybridized carbons (Fsp3) is 0.667. The largest absolute Gasteiger partial charge is 0.319 e. The van der Waals surface area contributed by atoms with Gasteiger partial charge in [-0.15, -0.1) is 5.10 Å². The molecule has 0 bridgehead atoms. The molecule has 1 aromatic rings. The number of Topliss-reactive ketones (excluding diaryl/α,β-unsaturated/α-hetero) is 1. The minimum Gasteiger partial charge on any atom is -0.319 e. The first-order valence-electron chi connectivity index (χ1n) is 4.63. The van der Waals surface area contributed by atoms with E-state index in [-0.39, 0.29) is 12.2 Å². The Bertz CT molecular complexity index is 329. The third kappa shape index (κ3) is 2.38. The fourth-order valence-electron chi connectivity index (χ4n) is 1.04. The van der Waals surface area contributed by atoms with Gasteiger partial charge in [0.2, 0.25) is 0 Å². The number of hydrogen-bond donors (Lipinski definition) is 1. The molecule has 0 aliphatic carbocycles. The predicted molar refractivity (Wildman–Crippen MR) is 52.6 cm³/mol. The molecule has 1 heterocycles. The Balaban J connectivity index is 2.66. The van der Waals surface area contributed by atoms with Gasteiger partial charge < -0.3 is 5.73 Å². The molecule has 1 atom stereocenters. The van der Waals surface area contributed by atoms with E-state index in [0.717, 1.165) is 0 Å². The van der Waals surface area contributed by atoms with E-state index in [9.17, 15) is 4.79 Å². The SMILES string of the molecule is CCC(C)(N)C(=O)Cc1cn(C)nn1. The predicted octanol–water partition coefficient (Wildman–Crippen LogP) is 0.0541. The number of nitrogens with zero attached hydrogens (tertiary/aromatic N) is 3. The van der Waals surface area contributed by atoms with E-state index in [4.69, 9.17) is 5.73 Å². The molecule has 0 fully saturated rings. The minimum absolute atomic E-state index is 0.000463. The van der Waals surface area contributed by atoms with Crippen molar-refractivity contribution in [2.75, 3.05) is 0 Å². The van der Waals surface area contributed by atoms with Crippen LogP contribution in [0.5, 0.6) is 0 Å². The van der Waals surface area contributed by atoms with Crippen LogP contribution in [0.3, 0.4) is 0 Å². The highest BCUT2D eigenvalue weighted by Gasteiger charge is 2.26. The standard InChI is InChI=1S/C9H16N4O/c1-4-9(2,10)8(14)5-7-6-13(3)12-11-7/h6H,4-5,10H2,1-3H3. The lowest BCUT2D eigenvalue weighted by Crippen LogP contribution is -2.45. The number of hydrogen-bond acceptors (Lipinski definition) is 4. The molecule has 1 rings (SSSR count). The van der Waals surface area contributed by atoms with Crippen LogP contribution in [0.1, 0.15) is 26.0 Å². The zero-order chi connectivity index (χ0) is 10.8. The van der Waals surface area contributed by atoms with Crippen molar-refractivity contribution in [1.82, 2.24) is 15.0 Å². The highest BCUT2D eigenvalue weighted by molar-refractivity contribution is 5.89. The molecule has 5 nitrogen and oxygen atoms in total. The number of carbonyl (C=O) groups excluding carboxylic acids is 1. The second kappa shape index (κ2) is 3.88. The molecule has 0 spiro atoms. The van der Waals surface area contributed by atoms with Crippen molar-refractivity contribution in [3.63, 3.8) is 0 Å². The summed E-state index contributed by atoms with van der Waals surface area (Å²) < 4.78 is 1.57. The van der Waals surface area contributed by atoms with Gasteiger partial charge in [0, 0.05) is 13.2 Å². The summed E-state index contributed by atoms with van der Waals surface area (Å²) in [7, 11) is 1.77. The molecular formula is C9H16N4O. The number of rotatable bonds is 4. The van der Waals surface area contributed by atoms with E-state index in [1.165, 1.54) is 0 Å². The Morgan fingerprint density at radius 2 is 2.36 bits per heavy atom. The topological polar surface area (TPSA) is 73.8 Å². The fourth-order valence-corrected chi connectivity index (χ4v) is 1.04. The molecule has 14 heavy (non-hydrogen) atoms. The Hall–Kier alpha value is -1.23. The lowest BCUT2D eigenvalue weighted by Gasteiger charge is -2.19. The molecule has 0 radical (unpaired) electrons. The minimum atomic E-state index is -0.752. The third-order valence-electron chi connectivity index (χ3n) is 2.36. The van der Waals surface area contributed by atoms with Gasteiger partial charge >= 0.3 is 0 Å². The molecule has 0 aliphatic rings. The van der Waals surface area contributed by atoms with Crippen molar-refractivity contribution in [3.8, 4) is 0 Å². The first-order valence-corrected chi connectivity index (χ1v) is 4.63. The molecule has 5 heteroatoms. The normalized spacial score (nSPS) is 15.1. The van der Waals surface area contributed by atoms with E-state index in [2.05, 4.69) is 10.3 Å². The van der Waals surface area contributed by atoms with Crippen molar-refractivity contribution >= 4 is 5.78 Å². The van der Waals surface area contributed by atoms with Crippen molar-refractivity contribution in [1.29, 1.82) is 0 Å². The van der Waals surface area contributed by atoms with Crippen molar-refractivity contribution in [3.05, 3.63) is 11.9 Å². The van der Waals surface area contributed by atoms with Crippen LogP contribution in [-0.4, -0.2) is 26.3 Å². The molecule has 2 N–H and O–H groups in total. The number of aryl methyl sites for hydroxylation is 1. The quantitative estimate of drug-likeness (QED) is 0.738. The van der Waals surface area contributed by atoms with Gasteiger partial charge in [-0.05, 0) is 13.3 Å². The zero-order valence-corrected chi connectivity index (χ0v) is 8.82. The molecule has 0 aromatic carbocycles. The van der Waals surface area contributed by atoms with E-state index >= 15 is 0 Å². The molecule has 1 aromatic heterocycles. The maximum atomic E-state index is 11.7. The zero-order valence-electron chi connectivity index (χ0n) is 8.82. The van der Waals surface area contributed by atoms with Gasteiger partial charge in [0.05, 0.1) is 17.7 Å². The Morgan fingerprint density at radius 1 is 1.71 bits per heavy atom. The van der Waals surface area contributed by atoms with Crippen LogP contribution in [0.2, 0.25) is 0 Å². The summed E-state index contributed by atoms with van der Waals surface area (Å²) in [5.41, 5.74) is 5.73. The number of ketones is 1. The highest BCUT2D eigenvalue weighted by atomic mass is 16.1. The number of aromatic nitrogens is 3. The summed E-state index contributed by atoms with van der Waals surface area (Å²) in [6, 6.07) is 0. The van der Waals surface area contributed by atoms with Gasteiger partial charge in [-0.2, -0.15) is 0 Å². The first-order chi connectivity index (χ1) is 6.45. The van der Waals surface area contributed by atoms with Gasteiger partial charge in [0.15, 0.2) is 5.78 Å². The summed E-state index contributed by atoms with van der Waals surface area (Å²) >= 11 is 0. The van der Waals surface area contributed by atoms with Crippen LogP contribution in [0.25, 0.3) is 0 Å². The summed E-state index contributed by atoms with van der Waals surface area (Å²) in [5.74, 6) is 0.000463. The molecule has 1 unspecified atom stereocenters. The maximum Gasteiger partial charge on any atom is 0.158 e. The van der Waals surface area contributed by atoms with Gasteiger partial charge in [0.25, 0.3) is 0 Å². The van der Waals surface area contributed by atoms with Crippen LogP contribution < -0.4 is 5.73 Å². The molecule has 0 saturated heterocycles. The van der Waals surface area contributed by atoms with Crippen molar-refractivity contribution < 1.29 is 4.79 Å². The van der Waals surface area contributed by atoms with Gasteiger partial charge in [-0.1, -0.05) is 12.1 Å². The number of nitrogens with two attached hydrogens (primary N) is 1. The van der Waals surface area contributed by atoms with Crippen LogP contribution in [0.4, 0.5) is 0 Å². The Kier molecular flexibility index (Phi) is 3.00. The smallest absolute Gasteiger partial charge is 0.158 e. The van der Waals surface area contributed by atoms with E-state index in [1.54, 1.807) is 24.9 Å².